The SMILES string of the molecule is CC[C@H](Oc1ccc(OC)cc1)C(=O)NC[C@H](C)c1ccccc1. The Bertz CT molecular complexity index is 625. The minimum atomic E-state index is -0.499. The number of hydrogen-bond donors (Lipinski definition) is 1. The Morgan fingerprint density at radius 1 is 1.04 bits per heavy atom. The Morgan fingerprint density at radius 3 is 2.25 bits per heavy atom. The zero-order valence-corrected chi connectivity index (χ0v) is 14.5. The van der Waals surface area contributed by atoms with Crippen LogP contribution < -0.4 is 14.8 Å². The third kappa shape index (κ3) is 5.01. The van der Waals surface area contributed by atoms with Gasteiger partial charge < -0.3 is 14.8 Å². The van der Waals surface area contributed by atoms with Gasteiger partial charge in [-0.2, -0.15) is 0 Å². The van der Waals surface area contributed by atoms with Crippen molar-refractivity contribution < 1.29 is 14.3 Å². The molecule has 0 radical (unpaired) electrons. The summed E-state index contributed by atoms with van der Waals surface area (Å²) in [5, 5.41) is 2.99. The standard InChI is InChI=1S/C20H25NO3/c1-4-19(24-18-12-10-17(23-3)11-13-18)20(22)21-14-15(2)16-8-6-5-7-9-16/h5-13,15,19H,4,14H2,1-3H3,(H,21,22)/t15-,19-/m0/s1. The van der Waals surface area contributed by atoms with Crippen LogP contribution in [0.15, 0.2) is 54.6 Å². The summed E-state index contributed by atoms with van der Waals surface area (Å²) in [7, 11) is 1.62. The van der Waals surface area contributed by atoms with Crippen LogP contribution in [0.1, 0.15) is 31.7 Å². The number of rotatable bonds is 8. The zero-order chi connectivity index (χ0) is 17.4. The summed E-state index contributed by atoms with van der Waals surface area (Å²) in [6.45, 7) is 4.63. The fourth-order valence-corrected chi connectivity index (χ4v) is 2.41. The average Bonchev–Trinajstić information content (AvgIpc) is 2.65. The fraction of sp³-hybridized carbons (Fsp3) is 0.350. The van der Waals surface area contributed by atoms with Crippen molar-refractivity contribution in [2.75, 3.05) is 13.7 Å². The first kappa shape index (κ1) is 17.9. The van der Waals surface area contributed by atoms with Gasteiger partial charge in [0.05, 0.1) is 7.11 Å². The summed E-state index contributed by atoms with van der Waals surface area (Å²) in [4.78, 5) is 12.4. The van der Waals surface area contributed by atoms with Gasteiger partial charge in [-0.3, -0.25) is 4.79 Å². The summed E-state index contributed by atoms with van der Waals surface area (Å²) in [5.74, 6) is 1.59. The molecule has 2 rings (SSSR count). The molecule has 0 saturated heterocycles. The maximum atomic E-state index is 12.4. The average molecular weight is 327 g/mol. The molecule has 24 heavy (non-hydrogen) atoms. The van der Waals surface area contributed by atoms with Gasteiger partial charge in [-0.05, 0) is 42.2 Å². The van der Waals surface area contributed by atoms with Gasteiger partial charge in [0.2, 0.25) is 0 Å². The smallest absolute Gasteiger partial charge is 0.261 e. The van der Waals surface area contributed by atoms with Gasteiger partial charge in [0.15, 0.2) is 6.10 Å². The molecule has 4 heteroatoms. The number of nitrogens with one attached hydrogen (secondary N) is 1. The van der Waals surface area contributed by atoms with Crippen molar-refractivity contribution in [3.63, 3.8) is 0 Å². The van der Waals surface area contributed by atoms with Crippen molar-refractivity contribution in [2.45, 2.75) is 32.3 Å². The quantitative estimate of drug-likeness (QED) is 0.803. The predicted molar refractivity (Wildman–Crippen MR) is 95.6 cm³/mol. The zero-order valence-electron chi connectivity index (χ0n) is 14.5. The Morgan fingerprint density at radius 2 is 1.67 bits per heavy atom. The predicted octanol–water partition coefficient (Wildman–Crippen LogP) is 3.77. The van der Waals surface area contributed by atoms with Gasteiger partial charge >= 0.3 is 0 Å². The molecule has 2 aromatic carbocycles. The second-order valence-electron chi connectivity index (χ2n) is 5.75. The van der Waals surface area contributed by atoms with Crippen LogP contribution in [0.5, 0.6) is 11.5 Å². The highest BCUT2D eigenvalue weighted by Gasteiger charge is 2.19. The van der Waals surface area contributed by atoms with Crippen molar-refractivity contribution in [2.24, 2.45) is 0 Å². The molecule has 0 heterocycles. The Kier molecular flexibility index (Phi) is 6.67. The van der Waals surface area contributed by atoms with Crippen molar-refractivity contribution in [1.29, 1.82) is 0 Å². The summed E-state index contributed by atoms with van der Waals surface area (Å²) < 4.78 is 10.9. The monoisotopic (exact) mass is 327 g/mol. The minimum Gasteiger partial charge on any atom is -0.497 e. The van der Waals surface area contributed by atoms with E-state index in [1.54, 1.807) is 19.2 Å². The van der Waals surface area contributed by atoms with Gasteiger partial charge in [0, 0.05) is 6.54 Å². The molecule has 0 spiro atoms. The third-order valence-corrected chi connectivity index (χ3v) is 3.95. The number of amides is 1. The molecule has 0 aliphatic rings. The highest BCUT2D eigenvalue weighted by atomic mass is 16.5. The van der Waals surface area contributed by atoms with Gasteiger partial charge in [-0.15, -0.1) is 0 Å². The van der Waals surface area contributed by atoms with Crippen LogP contribution in [0.4, 0.5) is 0 Å². The van der Waals surface area contributed by atoms with E-state index in [-0.39, 0.29) is 11.8 Å². The lowest BCUT2D eigenvalue weighted by Crippen LogP contribution is -2.39. The van der Waals surface area contributed by atoms with Gasteiger partial charge in [0.25, 0.3) is 5.91 Å². The van der Waals surface area contributed by atoms with E-state index < -0.39 is 6.10 Å². The largest absolute Gasteiger partial charge is 0.497 e. The topological polar surface area (TPSA) is 47.6 Å². The second kappa shape index (κ2) is 8.96. The van der Waals surface area contributed by atoms with Crippen LogP contribution in [-0.4, -0.2) is 25.7 Å². The number of methoxy groups -OCH3 is 1. The van der Waals surface area contributed by atoms with Crippen LogP contribution in [0.3, 0.4) is 0 Å². The molecule has 0 bridgehead atoms. The summed E-state index contributed by atoms with van der Waals surface area (Å²) in [5.41, 5.74) is 1.21. The maximum absolute atomic E-state index is 12.4. The maximum Gasteiger partial charge on any atom is 0.261 e. The lowest BCUT2D eigenvalue weighted by molar-refractivity contribution is -0.128. The number of carbonyl (C=O) groups excluding carboxylic acids is 1. The summed E-state index contributed by atoms with van der Waals surface area (Å²) in [6, 6.07) is 17.4. The molecule has 0 fully saturated rings. The lowest BCUT2D eigenvalue weighted by atomic mass is 10.0. The molecular formula is C20H25NO3. The van der Waals surface area contributed by atoms with E-state index in [9.17, 15) is 4.79 Å². The lowest BCUT2D eigenvalue weighted by Gasteiger charge is -2.19. The van der Waals surface area contributed by atoms with Crippen molar-refractivity contribution in [3.8, 4) is 11.5 Å². The first-order valence-electron chi connectivity index (χ1n) is 8.27. The van der Waals surface area contributed by atoms with E-state index in [4.69, 9.17) is 9.47 Å². The van der Waals surface area contributed by atoms with Crippen LogP contribution in [0, 0.1) is 0 Å². The van der Waals surface area contributed by atoms with E-state index >= 15 is 0 Å². The number of benzene rings is 2. The molecule has 2 atom stereocenters. The van der Waals surface area contributed by atoms with Gasteiger partial charge in [-0.1, -0.05) is 44.2 Å². The van der Waals surface area contributed by atoms with E-state index in [0.29, 0.717) is 18.7 Å². The van der Waals surface area contributed by atoms with Crippen LogP contribution in [0.25, 0.3) is 0 Å². The van der Waals surface area contributed by atoms with Crippen molar-refractivity contribution in [3.05, 3.63) is 60.2 Å². The first-order valence-corrected chi connectivity index (χ1v) is 8.27. The molecule has 0 aliphatic carbocycles. The summed E-state index contributed by atoms with van der Waals surface area (Å²) >= 11 is 0. The second-order valence-corrected chi connectivity index (χ2v) is 5.75. The molecule has 0 aromatic heterocycles. The molecule has 1 N–H and O–H groups in total. The molecule has 0 aliphatic heterocycles. The Hall–Kier alpha value is -2.49. The van der Waals surface area contributed by atoms with Crippen molar-refractivity contribution in [1.82, 2.24) is 5.32 Å². The molecule has 1 amide bonds. The highest BCUT2D eigenvalue weighted by molar-refractivity contribution is 5.81. The molecule has 0 saturated carbocycles. The van der Waals surface area contributed by atoms with E-state index in [0.717, 1.165) is 5.75 Å². The van der Waals surface area contributed by atoms with Crippen LogP contribution in [-0.2, 0) is 4.79 Å². The molecule has 2 aromatic rings. The molecule has 0 unspecified atom stereocenters. The van der Waals surface area contributed by atoms with E-state index in [2.05, 4.69) is 24.4 Å². The van der Waals surface area contributed by atoms with Crippen LogP contribution in [0.2, 0.25) is 0 Å². The highest BCUT2D eigenvalue weighted by Crippen LogP contribution is 2.19. The number of carbonyl (C=O) groups is 1. The van der Waals surface area contributed by atoms with Crippen LogP contribution >= 0.6 is 0 Å². The minimum absolute atomic E-state index is 0.0869. The third-order valence-electron chi connectivity index (χ3n) is 3.95. The molecule has 4 nitrogen and oxygen atoms in total. The molecule has 128 valence electrons. The van der Waals surface area contributed by atoms with Gasteiger partial charge in [-0.25, -0.2) is 0 Å². The van der Waals surface area contributed by atoms with E-state index in [1.807, 2.05) is 37.3 Å². The normalized spacial score (nSPS) is 13.0. The van der Waals surface area contributed by atoms with Crippen molar-refractivity contribution >= 4 is 5.91 Å². The molecular weight excluding hydrogens is 302 g/mol. The Balaban J connectivity index is 1.88. The first-order chi connectivity index (χ1) is 11.6. The fourth-order valence-electron chi connectivity index (χ4n) is 2.41. The van der Waals surface area contributed by atoms with Gasteiger partial charge in [0.1, 0.15) is 11.5 Å². The Labute approximate surface area is 143 Å². The number of hydrogen-bond acceptors (Lipinski definition) is 3. The number of ether oxygens (including phenoxy) is 2. The van der Waals surface area contributed by atoms with E-state index in [1.165, 1.54) is 5.56 Å². The summed E-state index contributed by atoms with van der Waals surface area (Å²) in [6.07, 6.45) is 0.110.